The number of pyridine rings is 1. The van der Waals surface area contributed by atoms with Crippen LogP contribution in [0.25, 0.3) is 0 Å². The van der Waals surface area contributed by atoms with Crippen LogP contribution in [0.15, 0.2) is 41.6 Å². The predicted octanol–water partition coefficient (Wildman–Crippen LogP) is 4.42. The zero-order valence-corrected chi connectivity index (χ0v) is 13.5. The Morgan fingerprint density at radius 1 is 1.39 bits per heavy atom. The summed E-state index contributed by atoms with van der Waals surface area (Å²) >= 11 is 7.14. The minimum atomic E-state index is -2.98. The van der Waals surface area contributed by atoms with Gasteiger partial charge in [0.05, 0.1) is 5.56 Å². The largest absolute Gasteiger partial charge is 0.457 e. The van der Waals surface area contributed by atoms with Gasteiger partial charge in [-0.3, -0.25) is 0 Å². The molecular formula is C15H12ClF2NO3S. The second kappa shape index (κ2) is 8.12. The minimum absolute atomic E-state index is 0.0894. The number of esters is 1. The lowest BCUT2D eigenvalue weighted by Crippen LogP contribution is -2.09. The monoisotopic (exact) mass is 359 g/mol. The molecule has 0 aliphatic heterocycles. The Labute approximate surface area is 140 Å². The summed E-state index contributed by atoms with van der Waals surface area (Å²) in [6.45, 7) is -3.23. The Kier molecular flexibility index (Phi) is 6.18. The van der Waals surface area contributed by atoms with Gasteiger partial charge in [0, 0.05) is 16.8 Å². The fourth-order valence-corrected chi connectivity index (χ4v) is 2.53. The topological polar surface area (TPSA) is 48.4 Å². The average Bonchev–Trinajstić information content (AvgIpc) is 2.54. The first-order chi connectivity index (χ1) is 11.0. The van der Waals surface area contributed by atoms with E-state index in [0.29, 0.717) is 15.6 Å². The first-order valence-corrected chi connectivity index (χ1v) is 8.01. The van der Waals surface area contributed by atoms with E-state index in [1.165, 1.54) is 30.0 Å². The molecule has 0 saturated carbocycles. The molecule has 1 aromatic heterocycles. The van der Waals surface area contributed by atoms with E-state index < -0.39 is 12.6 Å². The molecule has 0 atom stereocenters. The summed E-state index contributed by atoms with van der Waals surface area (Å²) in [4.78, 5) is 16.2. The molecule has 0 unspecified atom stereocenters. The quantitative estimate of drug-likeness (QED) is 0.564. The van der Waals surface area contributed by atoms with E-state index in [0.717, 1.165) is 0 Å². The van der Waals surface area contributed by atoms with Crippen molar-refractivity contribution < 1.29 is 23.0 Å². The molecule has 0 aliphatic carbocycles. The number of nitrogens with zero attached hydrogens (tertiary/aromatic N) is 1. The van der Waals surface area contributed by atoms with E-state index in [1.54, 1.807) is 24.6 Å². The number of rotatable bonds is 6. The molecule has 0 radical (unpaired) electrons. The van der Waals surface area contributed by atoms with Crippen molar-refractivity contribution in [3.05, 3.63) is 52.7 Å². The van der Waals surface area contributed by atoms with Crippen molar-refractivity contribution in [3.8, 4) is 5.75 Å². The molecule has 0 N–H and O–H groups in total. The Bertz CT molecular complexity index is 700. The van der Waals surface area contributed by atoms with Crippen molar-refractivity contribution in [3.63, 3.8) is 0 Å². The maximum Gasteiger partial charge on any atom is 0.387 e. The van der Waals surface area contributed by atoms with E-state index >= 15 is 0 Å². The highest BCUT2D eigenvalue weighted by Crippen LogP contribution is 2.26. The molecule has 8 heteroatoms. The van der Waals surface area contributed by atoms with Crippen LogP contribution in [0.4, 0.5) is 8.78 Å². The van der Waals surface area contributed by atoms with Crippen LogP contribution in [0.3, 0.4) is 0 Å². The van der Waals surface area contributed by atoms with E-state index in [4.69, 9.17) is 16.3 Å². The van der Waals surface area contributed by atoms with Crippen molar-refractivity contribution in [1.82, 2.24) is 4.98 Å². The van der Waals surface area contributed by atoms with Crippen LogP contribution in [0, 0.1) is 0 Å². The van der Waals surface area contributed by atoms with Gasteiger partial charge in [0.25, 0.3) is 0 Å². The smallest absolute Gasteiger partial charge is 0.387 e. The number of halogens is 3. The van der Waals surface area contributed by atoms with Gasteiger partial charge in [-0.2, -0.15) is 8.78 Å². The maximum atomic E-state index is 12.4. The van der Waals surface area contributed by atoms with E-state index in [2.05, 4.69) is 9.72 Å². The number of hydrogen-bond donors (Lipinski definition) is 0. The summed E-state index contributed by atoms with van der Waals surface area (Å²) in [5.74, 6) is -0.695. The van der Waals surface area contributed by atoms with E-state index in [-0.39, 0.29) is 17.9 Å². The molecule has 0 amide bonds. The molecule has 122 valence electrons. The van der Waals surface area contributed by atoms with Crippen LogP contribution in [0.1, 0.15) is 15.9 Å². The van der Waals surface area contributed by atoms with Crippen LogP contribution in [0.2, 0.25) is 5.02 Å². The van der Waals surface area contributed by atoms with Crippen LogP contribution in [-0.2, 0) is 11.3 Å². The summed E-state index contributed by atoms with van der Waals surface area (Å²) in [5, 5.41) is 0.844. The van der Waals surface area contributed by atoms with Gasteiger partial charge in [-0.1, -0.05) is 11.6 Å². The number of alkyl halides is 2. The molecule has 2 rings (SSSR count). The molecule has 0 spiro atoms. The van der Waals surface area contributed by atoms with Gasteiger partial charge >= 0.3 is 12.6 Å². The maximum absolute atomic E-state index is 12.4. The van der Waals surface area contributed by atoms with Crippen molar-refractivity contribution >= 4 is 29.3 Å². The van der Waals surface area contributed by atoms with Crippen molar-refractivity contribution in [2.45, 2.75) is 18.2 Å². The summed E-state index contributed by atoms with van der Waals surface area (Å²) in [7, 11) is 0. The van der Waals surface area contributed by atoms with E-state index in [9.17, 15) is 13.6 Å². The fraction of sp³-hybridized carbons (Fsp3) is 0.200. The SMILES string of the molecule is CSc1ncccc1C(=O)OCc1cc(Cl)ccc1OC(F)F. The van der Waals surface area contributed by atoms with Crippen molar-refractivity contribution in [2.24, 2.45) is 0 Å². The summed E-state index contributed by atoms with van der Waals surface area (Å²) in [6.07, 6.45) is 3.35. The lowest BCUT2D eigenvalue weighted by molar-refractivity contribution is -0.0510. The molecule has 4 nitrogen and oxygen atoms in total. The molecule has 1 heterocycles. The zero-order valence-electron chi connectivity index (χ0n) is 12.0. The predicted molar refractivity (Wildman–Crippen MR) is 83.2 cm³/mol. The highest BCUT2D eigenvalue weighted by Gasteiger charge is 2.16. The molecule has 1 aromatic carbocycles. The third kappa shape index (κ3) is 4.80. The number of carbonyl (C=O) groups is 1. The van der Waals surface area contributed by atoms with Gasteiger partial charge in [-0.25, -0.2) is 9.78 Å². The van der Waals surface area contributed by atoms with Crippen LogP contribution < -0.4 is 4.74 Å². The fourth-order valence-electron chi connectivity index (χ4n) is 1.80. The first kappa shape index (κ1) is 17.5. The molecule has 0 fully saturated rings. The van der Waals surface area contributed by atoms with Gasteiger partial charge in [0.2, 0.25) is 0 Å². The third-order valence-electron chi connectivity index (χ3n) is 2.78. The van der Waals surface area contributed by atoms with Gasteiger partial charge in [0.15, 0.2) is 0 Å². The molecule has 0 aliphatic rings. The number of benzene rings is 1. The molecule has 2 aromatic rings. The highest BCUT2D eigenvalue weighted by molar-refractivity contribution is 7.98. The third-order valence-corrected chi connectivity index (χ3v) is 3.73. The van der Waals surface area contributed by atoms with Crippen LogP contribution in [-0.4, -0.2) is 23.8 Å². The molecule has 23 heavy (non-hydrogen) atoms. The Morgan fingerprint density at radius 3 is 2.87 bits per heavy atom. The Balaban J connectivity index is 2.14. The number of ether oxygens (including phenoxy) is 2. The Morgan fingerprint density at radius 2 is 2.17 bits per heavy atom. The van der Waals surface area contributed by atoms with Crippen molar-refractivity contribution in [2.75, 3.05) is 6.26 Å². The molecular weight excluding hydrogens is 348 g/mol. The average molecular weight is 360 g/mol. The number of thioether (sulfide) groups is 1. The summed E-state index contributed by atoms with van der Waals surface area (Å²) < 4.78 is 34.3. The van der Waals surface area contributed by atoms with Gasteiger partial charge < -0.3 is 9.47 Å². The second-order valence-electron chi connectivity index (χ2n) is 4.27. The molecule has 0 bridgehead atoms. The van der Waals surface area contributed by atoms with Crippen LogP contribution in [0.5, 0.6) is 5.75 Å². The first-order valence-electron chi connectivity index (χ1n) is 6.40. The van der Waals surface area contributed by atoms with Crippen molar-refractivity contribution in [1.29, 1.82) is 0 Å². The molecule has 0 saturated heterocycles. The van der Waals surface area contributed by atoms with E-state index in [1.807, 2.05) is 0 Å². The number of aromatic nitrogens is 1. The lowest BCUT2D eigenvalue weighted by Gasteiger charge is -2.12. The zero-order chi connectivity index (χ0) is 16.8. The standard InChI is InChI=1S/C15H12ClF2NO3S/c1-23-13-11(3-2-6-19-13)14(20)21-8-9-7-10(16)4-5-12(9)22-15(17)18/h2-7,15H,8H2,1H3. The van der Waals surface area contributed by atoms with Crippen LogP contribution >= 0.6 is 23.4 Å². The highest BCUT2D eigenvalue weighted by atomic mass is 35.5. The lowest BCUT2D eigenvalue weighted by atomic mass is 10.2. The second-order valence-corrected chi connectivity index (χ2v) is 5.50. The summed E-state index contributed by atoms with van der Waals surface area (Å²) in [5.41, 5.74) is 0.555. The summed E-state index contributed by atoms with van der Waals surface area (Å²) in [6, 6.07) is 7.31. The van der Waals surface area contributed by atoms with Gasteiger partial charge in [-0.05, 0) is 36.6 Å². The van der Waals surface area contributed by atoms with Gasteiger partial charge in [0.1, 0.15) is 17.4 Å². The van der Waals surface area contributed by atoms with Gasteiger partial charge in [-0.15, -0.1) is 11.8 Å². The Hall–Kier alpha value is -1.86. The normalized spacial score (nSPS) is 10.7. The number of carbonyl (C=O) groups excluding carboxylic acids is 1. The minimum Gasteiger partial charge on any atom is -0.457 e. The number of hydrogen-bond acceptors (Lipinski definition) is 5.